The summed E-state index contributed by atoms with van der Waals surface area (Å²) in [5, 5.41) is 7.77. The van der Waals surface area contributed by atoms with E-state index in [1.165, 1.54) is 35.1 Å². The zero-order valence-corrected chi connectivity index (χ0v) is 14.1. The van der Waals surface area contributed by atoms with Crippen LogP contribution >= 0.6 is 0 Å². The molecule has 2 aromatic carbocycles. The van der Waals surface area contributed by atoms with Crippen LogP contribution in [0.3, 0.4) is 0 Å². The first-order valence-corrected chi connectivity index (χ1v) is 9.03. The van der Waals surface area contributed by atoms with Crippen molar-refractivity contribution in [1.29, 1.82) is 0 Å². The molecule has 0 saturated carbocycles. The van der Waals surface area contributed by atoms with Crippen LogP contribution in [0.25, 0.3) is 16.9 Å². The minimum atomic E-state index is -4.45. The lowest BCUT2D eigenvalue weighted by Gasteiger charge is -2.08. The molecule has 0 amide bonds. The lowest BCUT2D eigenvalue weighted by Crippen LogP contribution is -2.06. The van der Waals surface area contributed by atoms with E-state index in [2.05, 4.69) is 10.3 Å². The number of benzene rings is 2. The van der Waals surface area contributed by atoms with Crippen LogP contribution in [0.5, 0.6) is 5.75 Å². The van der Waals surface area contributed by atoms with Crippen molar-refractivity contribution < 1.29 is 25.8 Å². The summed E-state index contributed by atoms with van der Waals surface area (Å²) in [6.45, 7) is 0. The van der Waals surface area contributed by atoms with Gasteiger partial charge in [0.1, 0.15) is 11.4 Å². The molecule has 0 radical (unpaired) electrons. The molecule has 10 heteroatoms. The van der Waals surface area contributed by atoms with Crippen LogP contribution in [0, 0.1) is 0 Å². The highest BCUT2D eigenvalue weighted by Crippen LogP contribution is 2.30. The second kappa shape index (κ2) is 6.45. The van der Waals surface area contributed by atoms with Crippen molar-refractivity contribution in [2.45, 2.75) is 6.18 Å². The normalized spacial score (nSPS) is 12.2. The van der Waals surface area contributed by atoms with E-state index < -0.39 is 21.9 Å². The summed E-state index contributed by atoms with van der Waals surface area (Å²) >= 11 is 0. The van der Waals surface area contributed by atoms with Crippen molar-refractivity contribution in [1.82, 2.24) is 15.0 Å². The molecule has 0 bridgehead atoms. The molecular weight excluding hydrogens is 371 g/mol. The smallest absolute Gasteiger partial charge is 0.383 e. The predicted molar refractivity (Wildman–Crippen MR) is 87.3 cm³/mol. The van der Waals surface area contributed by atoms with Crippen LogP contribution < -0.4 is 4.18 Å². The summed E-state index contributed by atoms with van der Waals surface area (Å²) in [5.41, 5.74) is 0.447. The van der Waals surface area contributed by atoms with Crippen molar-refractivity contribution in [3.05, 3.63) is 60.3 Å². The summed E-state index contributed by atoms with van der Waals surface area (Å²) in [7, 11) is -3.63. The third kappa shape index (κ3) is 4.20. The summed E-state index contributed by atoms with van der Waals surface area (Å²) in [5.74, 6) is 0.140. The fourth-order valence-corrected chi connectivity index (χ4v) is 2.66. The Labute approximate surface area is 147 Å². The Morgan fingerprint density at radius 3 is 2.38 bits per heavy atom. The lowest BCUT2D eigenvalue weighted by molar-refractivity contribution is -0.137. The highest BCUT2D eigenvalue weighted by molar-refractivity contribution is 7.86. The Morgan fingerprint density at radius 2 is 1.77 bits per heavy atom. The van der Waals surface area contributed by atoms with Gasteiger partial charge in [0.25, 0.3) is 0 Å². The number of aromatic nitrogens is 3. The number of hydrogen-bond donors (Lipinski definition) is 0. The molecule has 26 heavy (non-hydrogen) atoms. The standard InChI is InChI=1S/C16H12F3N3O3S/c1-26(23,24)25-14-7-5-11(6-8-14)15-10-22(21-20-15)13-4-2-3-12(9-13)16(17,18)19/h2-10H,1H3. The summed E-state index contributed by atoms with van der Waals surface area (Å²) in [4.78, 5) is 0. The SMILES string of the molecule is CS(=O)(=O)Oc1ccc(-c2cn(-c3cccc(C(F)(F)F)c3)nn2)cc1. The van der Waals surface area contributed by atoms with Gasteiger partial charge in [-0.3, -0.25) is 0 Å². The maximum atomic E-state index is 12.8. The van der Waals surface area contributed by atoms with Gasteiger partial charge in [0, 0.05) is 5.56 Å². The van der Waals surface area contributed by atoms with Gasteiger partial charge in [0.15, 0.2) is 0 Å². The Morgan fingerprint density at radius 1 is 1.08 bits per heavy atom. The Hall–Kier alpha value is -2.88. The topological polar surface area (TPSA) is 74.1 Å². The first-order chi connectivity index (χ1) is 12.1. The molecule has 3 rings (SSSR count). The maximum absolute atomic E-state index is 12.8. The first kappa shape index (κ1) is 17.9. The van der Waals surface area contributed by atoms with Crippen molar-refractivity contribution in [2.24, 2.45) is 0 Å². The second-order valence-corrected chi connectivity index (χ2v) is 6.98. The van der Waals surface area contributed by atoms with Crippen LogP contribution in [0.4, 0.5) is 13.2 Å². The number of rotatable bonds is 4. The third-order valence-corrected chi connectivity index (χ3v) is 3.82. The van der Waals surface area contributed by atoms with Gasteiger partial charge < -0.3 is 4.18 Å². The van der Waals surface area contributed by atoms with E-state index in [9.17, 15) is 21.6 Å². The van der Waals surface area contributed by atoms with Crippen molar-refractivity contribution in [2.75, 3.05) is 6.26 Å². The average molecular weight is 383 g/mol. The van der Waals surface area contributed by atoms with Crippen molar-refractivity contribution >= 4 is 10.1 Å². The van der Waals surface area contributed by atoms with Gasteiger partial charge in [-0.2, -0.15) is 21.6 Å². The molecular formula is C16H12F3N3O3S. The molecule has 6 nitrogen and oxygen atoms in total. The molecule has 3 aromatic rings. The Bertz CT molecular complexity index is 1030. The van der Waals surface area contributed by atoms with Gasteiger partial charge in [-0.25, -0.2) is 4.68 Å². The first-order valence-electron chi connectivity index (χ1n) is 7.22. The van der Waals surface area contributed by atoms with Gasteiger partial charge >= 0.3 is 16.3 Å². The fourth-order valence-electron chi connectivity index (χ4n) is 2.20. The van der Waals surface area contributed by atoms with Crippen molar-refractivity contribution in [3.8, 4) is 22.7 Å². The molecule has 1 aromatic heterocycles. The van der Waals surface area contributed by atoms with Gasteiger partial charge in [-0.15, -0.1) is 5.10 Å². The zero-order chi connectivity index (χ0) is 18.9. The number of halogens is 3. The molecule has 0 aliphatic carbocycles. The summed E-state index contributed by atoms with van der Waals surface area (Å²) in [6.07, 6.45) is -2.04. The van der Waals surface area contributed by atoms with Crippen LogP contribution in [0.15, 0.2) is 54.7 Å². The van der Waals surface area contributed by atoms with Crippen LogP contribution in [-0.2, 0) is 16.3 Å². The average Bonchev–Trinajstić information content (AvgIpc) is 3.03. The fraction of sp³-hybridized carbons (Fsp3) is 0.125. The molecule has 0 spiro atoms. The molecule has 0 aliphatic rings. The van der Waals surface area contributed by atoms with E-state index in [0.717, 1.165) is 18.4 Å². The molecule has 0 N–H and O–H groups in total. The highest BCUT2D eigenvalue weighted by Gasteiger charge is 2.30. The lowest BCUT2D eigenvalue weighted by atomic mass is 10.1. The maximum Gasteiger partial charge on any atom is 0.416 e. The number of alkyl halides is 3. The molecule has 0 atom stereocenters. The monoisotopic (exact) mass is 383 g/mol. The largest absolute Gasteiger partial charge is 0.416 e. The molecule has 0 aliphatic heterocycles. The minimum absolute atomic E-state index is 0.140. The van der Waals surface area contributed by atoms with Crippen LogP contribution in [0.1, 0.15) is 5.56 Å². The third-order valence-electron chi connectivity index (χ3n) is 3.33. The molecule has 1 heterocycles. The van der Waals surface area contributed by atoms with Gasteiger partial charge in [-0.05, 0) is 42.5 Å². The van der Waals surface area contributed by atoms with E-state index >= 15 is 0 Å². The van der Waals surface area contributed by atoms with E-state index in [-0.39, 0.29) is 11.4 Å². The second-order valence-electron chi connectivity index (χ2n) is 5.41. The highest BCUT2D eigenvalue weighted by atomic mass is 32.2. The zero-order valence-electron chi connectivity index (χ0n) is 13.3. The number of nitrogens with zero attached hydrogens (tertiary/aromatic N) is 3. The van der Waals surface area contributed by atoms with Crippen LogP contribution in [-0.4, -0.2) is 29.7 Å². The van der Waals surface area contributed by atoms with Gasteiger partial charge in [-0.1, -0.05) is 11.3 Å². The molecule has 0 saturated heterocycles. The van der Waals surface area contributed by atoms with Crippen LogP contribution in [0.2, 0.25) is 0 Å². The Balaban J connectivity index is 1.86. The molecule has 0 unspecified atom stereocenters. The van der Waals surface area contributed by atoms with Gasteiger partial charge in [0.2, 0.25) is 0 Å². The molecule has 0 fully saturated rings. The minimum Gasteiger partial charge on any atom is -0.383 e. The van der Waals surface area contributed by atoms with Gasteiger partial charge in [0.05, 0.1) is 23.7 Å². The molecule has 136 valence electrons. The van der Waals surface area contributed by atoms with E-state index in [4.69, 9.17) is 4.18 Å². The van der Waals surface area contributed by atoms with E-state index in [1.54, 1.807) is 12.1 Å². The van der Waals surface area contributed by atoms with E-state index in [0.29, 0.717) is 11.3 Å². The van der Waals surface area contributed by atoms with Crippen molar-refractivity contribution in [3.63, 3.8) is 0 Å². The summed E-state index contributed by atoms with van der Waals surface area (Å²) < 4.78 is 66.6. The summed E-state index contributed by atoms with van der Waals surface area (Å²) in [6, 6.07) is 10.7. The quantitative estimate of drug-likeness (QED) is 0.647. The van der Waals surface area contributed by atoms with E-state index in [1.807, 2.05) is 0 Å². The Kier molecular flexibility index (Phi) is 4.45. The predicted octanol–water partition coefficient (Wildman–Crippen LogP) is 3.29. The number of hydrogen-bond acceptors (Lipinski definition) is 5.